The highest BCUT2D eigenvalue weighted by molar-refractivity contribution is 5.76. The Labute approximate surface area is 115 Å². The fourth-order valence-corrected chi connectivity index (χ4v) is 1.64. The van der Waals surface area contributed by atoms with Crippen LogP contribution in [0.25, 0.3) is 0 Å². The molecule has 0 spiro atoms. The Morgan fingerprint density at radius 3 is 2.63 bits per heavy atom. The Kier molecular flexibility index (Phi) is 6.53. The Balaban J connectivity index is 2.01. The maximum Gasteiger partial charge on any atom is 0.221 e. The van der Waals surface area contributed by atoms with Gasteiger partial charge in [0.1, 0.15) is 0 Å². The average molecular weight is 264 g/mol. The number of carbonyl (C=O) groups excluding carboxylic acids is 1. The number of benzene rings is 1. The fourth-order valence-electron chi connectivity index (χ4n) is 1.64. The van der Waals surface area contributed by atoms with Crippen LogP contribution < -0.4 is 11.1 Å². The van der Waals surface area contributed by atoms with E-state index in [9.17, 15) is 4.79 Å². The molecule has 1 aromatic rings. The molecule has 0 saturated carbocycles. The summed E-state index contributed by atoms with van der Waals surface area (Å²) in [6, 6.07) is 10.0. The summed E-state index contributed by atoms with van der Waals surface area (Å²) in [4.78, 5) is 11.5. The lowest BCUT2D eigenvalue weighted by molar-refractivity contribution is -0.122. The highest BCUT2D eigenvalue weighted by Gasteiger charge is 2.15. The van der Waals surface area contributed by atoms with Crippen LogP contribution in [-0.2, 0) is 16.1 Å². The summed E-state index contributed by atoms with van der Waals surface area (Å²) in [5, 5.41) is 2.84. The van der Waals surface area contributed by atoms with Gasteiger partial charge in [0.2, 0.25) is 5.91 Å². The average Bonchev–Trinajstić information content (AvgIpc) is 2.32. The molecule has 1 amide bonds. The molecule has 3 N–H and O–H groups in total. The largest absolute Gasteiger partial charge is 0.377 e. The van der Waals surface area contributed by atoms with Gasteiger partial charge in [0.05, 0.1) is 6.61 Å². The van der Waals surface area contributed by atoms with Crippen molar-refractivity contribution in [1.29, 1.82) is 0 Å². The van der Waals surface area contributed by atoms with Crippen molar-refractivity contribution >= 4 is 5.91 Å². The number of rotatable bonds is 8. The molecule has 0 aliphatic carbocycles. The van der Waals surface area contributed by atoms with E-state index in [-0.39, 0.29) is 5.91 Å². The summed E-state index contributed by atoms with van der Waals surface area (Å²) in [6.45, 7) is 5.57. The molecule has 0 radical (unpaired) electrons. The summed E-state index contributed by atoms with van der Waals surface area (Å²) in [5.41, 5.74) is 6.48. The second-order valence-electron chi connectivity index (χ2n) is 5.41. The van der Waals surface area contributed by atoms with Gasteiger partial charge in [0, 0.05) is 25.1 Å². The quantitative estimate of drug-likeness (QED) is 0.704. The normalized spacial score (nSPS) is 11.3. The van der Waals surface area contributed by atoms with Crippen LogP contribution >= 0.6 is 0 Å². The third kappa shape index (κ3) is 8.35. The highest BCUT2D eigenvalue weighted by Crippen LogP contribution is 2.03. The van der Waals surface area contributed by atoms with Gasteiger partial charge < -0.3 is 15.8 Å². The van der Waals surface area contributed by atoms with Gasteiger partial charge in [-0.25, -0.2) is 0 Å². The van der Waals surface area contributed by atoms with Crippen LogP contribution in [0.4, 0.5) is 0 Å². The molecule has 0 aliphatic heterocycles. The van der Waals surface area contributed by atoms with Crippen LogP contribution in [0.15, 0.2) is 30.3 Å². The summed E-state index contributed by atoms with van der Waals surface area (Å²) in [6.07, 6.45) is 1.15. The zero-order chi connectivity index (χ0) is 14.1. The number of hydrogen-bond acceptors (Lipinski definition) is 3. The molecule has 4 nitrogen and oxygen atoms in total. The molecule has 1 rings (SSSR count). The van der Waals surface area contributed by atoms with E-state index >= 15 is 0 Å². The second kappa shape index (κ2) is 7.92. The number of nitrogens with one attached hydrogen (secondary N) is 1. The number of hydrogen-bond donors (Lipinski definition) is 2. The van der Waals surface area contributed by atoms with E-state index in [4.69, 9.17) is 10.5 Å². The lowest BCUT2D eigenvalue weighted by Crippen LogP contribution is -2.39. The van der Waals surface area contributed by atoms with Crippen molar-refractivity contribution in [3.63, 3.8) is 0 Å². The van der Waals surface area contributed by atoms with Crippen molar-refractivity contribution in [2.45, 2.75) is 38.8 Å². The van der Waals surface area contributed by atoms with Gasteiger partial charge in [-0.15, -0.1) is 0 Å². The maximum absolute atomic E-state index is 11.5. The standard InChI is InChI=1S/C15H24N2O2/c1-15(2,16)11-14(18)17-9-6-10-19-12-13-7-4-3-5-8-13/h3-5,7-8H,6,9-12,16H2,1-2H3,(H,17,18). The molecular formula is C15H24N2O2. The first-order chi connectivity index (χ1) is 8.97. The van der Waals surface area contributed by atoms with Gasteiger partial charge in [0.15, 0.2) is 0 Å². The van der Waals surface area contributed by atoms with E-state index in [0.717, 1.165) is 12.0 Å². The number of carbonyl (C=O) groups is 1. The van der Waals surface area contributed by atoms with Crippen molar-refractivity contribution in [2.24, 2.45) is 5.73 Å². The molecule has 0 fully saturated rings. The van der Waals surface area contributed by atoms with Crippen molar-refractivity contribution in [1.82, 2.24) is 5.32 Å². The SMILES string of the molecule is CC(C)(N)CC(=O)NCCCOCc1ccccc1. The van der Waals surface area contributed by atoms with Crippen LogP contribution in [-0.4, -0.2) is 24.6 Å². The number of ether oxygens (including phenoxy) is 1. The highest BCUT2D eigenvalue weighted by atomic mass is 16.5. The molecule has 0 aromatic heterocycles. The van der Waals surface area contributed by atoms with Crippen molar-refractivity contribution in [3.05, 3.63) is 35.9 Å². The first kappa shape index (κ1) is 15.7. The van der Waals surface area contributed by atoms with E-state index in [1.54, 1.807) is 0 Å². The first-order valence-electron chi connectivity index (χ1n) is 6.65. The van der Waals surface area contributed by atoms with Gasteiger partial charge in [-0.2, -0.15) is 0 Å². The minimum Gasteiger partial charge on any atom is -0.377 e. The third-order valence-corrected chi connectivity index (χ3v) is 2.52. The Morgan fingerprint density at radius 2 is 2.00 bits per heavy atom. The third-order valence-electron chi connectivity index (χ3n) is 2.52. The summed E-state index contributed by atoms with van der Waals surface area (Å²) < 4.78 is 5.53. The predicted molar refractivity (Wildman–Crippen MR) is 76.6 cm³/mol. The molecule has 19 heavy (non-hydrogen) atoms. The molecule has 0 heterocycles. The Morgan fingerprint density at radius 1 is 1.32 bits per heavy atom. The van der Waals surface area contributed by atoms with Gasteiger partial charge in [-0.05, 0) is 25.8 Å². The molecular weight excluding hydrogens is 240 g/mol. The van der Waals surface area contributed by atoms with Crippen LogP contribution in [0.5, 0.6) is 0 Å². The van der Waals surface area contributed by atoms with E-state index < -0.39 is 5.54 Å². The van der Waals surface area contributed by atoms with E-state index in [2.05, 4.69) is 5.32 Å². The maximum atomic E-state index is 11.5. The predicted octanol–water partition coefficient (Wildman–Crippen LogP) is 1.84. The Hall–Kier alpha value is -1.39. The number of nitrogens with two attached hydrogens (primary N) is 1. The fraction of sp³-hybridized carbons (Fsp3) is 0.533. The van der Waals surface area contributed by atoms with Crippen LogP contribution in [0.3, 0.4) is 0 Å². The van der Waals surface area contributed by atoms with Gasteiger partial charge >= 0.3 is 0 Å². The van der Waals surface area contributed by atoms with Crippen LogP contribution in [0.1, 0.15) is 32.3 Å². The first-order valence-corrected chi connectivity index (χ1v) is 6.65. The number of amides is 1. The summed E-state index contributed by atoms with van der Waals surface area (Å²) in [5.74, 6) is -0.00411. The van der Waals surface area contributed by atoms with E-state index in [0.29, 0.717) is 26.2 Å². The van der Waals surface area contributed by atoms with Crippen LogP contribution in [0.2, 0.25) is 0 Å². The molecule has 0 unspecified atom stereocenters. The summed E-state index contributed by atoms with van der Waals surface area (Å²) in [7, 11) is 0. The molecule has 0 aliphatic rings. The van der Waals surface area contributed by atoms with Crippen LogP contribution in [0, 0.1) is 0 Å². The zero-order valence-corrected chi connectivity index (χ0v) is 11.8. The van der Waals surface area contributed by atoms with E-state index in [1.807, 2.05) is 44.2 Å². The molecule has 0 bridgehead atoms. The zero-order valence-electron chi connectivity index (χ0n) is 11.8. The summed E-state index contributed by atoms with van der Waals surface area (Å²) >= 11 is 0. The lowest BCUT2D eigenvalue weighted by atomic mass is 10.0. The monoisotopic (exact) mass is 264 g/mol. The second-order valence-corrected chi connectivity index (χ2v) is 5.41. The minimum absolute atomic E-state index is 0.00411. The molecule has 4 heteroatoms. The van der Waals surface area contributed by atoms with Crippen molar-refractivity contribution in [2.75, 3.05) is 13.2 Å². The smallest absolute Gasteiger partial charge is 0.221 e. The van der Waals surface area contributed by atoms with Gasteiger partial charge in [0.25, 0.3) is 0 Å². The van der Waals surface area contributed by atoms with E-state index in [1.165, 1.54) is 0 Å². The van der Waals surface area contributed by atoms with Gasteiger partial charge in [-0.3, -0.25) is 4.79 Å². The Bertz CT molecular complexity index is 371. The van der Waals surface area contributed by atoms with Crippen molar-refractivity contribution < 1.29 is 9.53 Å². The minimum atomic E-state index is -0.451. The molecule has 0 atom stereocenters. The lowest BCUT2D eigenvalue weighted by Gasteiger charge is -2.17. The van der Waals surface area contributed by atoms with Crippen molar-refractivity contribution in [3.8, 4) is 0 Å². The molecule has 0 saturated heterocycles. The van der Waals surface area contributed by atoms with Gasteiger partial charge in [-0.1, -0.05) is 30.3 Å². The topological polar surface area (TPSA) is 64.4 Å². The molecule has 1 aromatic carbocycles. The molecule has 106 valence electrons.